The molecule has 4 aromatic rings. The average molecular weight is 485 g/mol. The predicted molar refractivity (Wildman–Crippen MR) is 126 cm³/mol. The molecule has 8 nitrogen and oxygen atoms in total. The number of nitrogens with zero attached hydrogens (tertiary/aromatic N) is 6. The number of aromatic amines is 1. The van der Waals surface area contributed by atoms with E-state index in [0.717, 1.165) is 28.6 Å². The molecule has 6 heterocycles. The molecule has 2 aliphatic heterocycles. The highest BCUT2D eigenvalue weighted by Gasteiger charge is 2.40. The third-order valence-electron chi connectivity index (χ3n) is 7.38. The number of fused-ring (bicyclic) bond motifs is 4. The van der Waals surface area contributed by atoms with Crippen LogP contribution in [0.3, 0.4) is 0 Å². The van der Waals surface area contributed by atoms with Crippen molar-refractivity contribution < 1.29 is 13.2 Å². The molecule has 184 valence electrons. The Morgan fingerprint density at radius 3 is 2.71 bits per heavy atom. The number of aromatic nitrogens is 6. The number of nitrogens with one attached hydrogen (secondary N) is 2. The number of hydrogen-bond acceptors (Lipinski definition) is 6. The van der Waals surface area contributed by atoms with E-state index < -0.39 is 12.7 Å². The smallest absolute Gasteiger partial charge is 0.367 e. The molecule has 0 aliphatic carbocycles. The summed E-state index contributed by atoms with van der Waals surface area (Å²) >= 11 is 0. The zero-order chi connectivity index (χ0) is 24.0. The molecule has 2 saturated heterocycles. The highest BCUT2D eigenvalue weighted by Crippen LogP contribution is 2.39. The van der Waals surface area contributed by atoms with Gasteiger partial charge in [0.25, 0.3) is 0 Å². The minimum absolute atomic E-state index is 0.188. The lowest BCUT2D eigenvalue weighted by molar-refractivity contribution is -0.140. The van der Waals surface area contributed by atoms with Gasteiger partial charge in [0, 0.05) is 43.0 Å². The van der Waals surface area contributed by atoms with E-state index in [1.165, 1.54) is 43.9 Å². The Morgan fingerprint density at radius 2 is 1.91 bits per heavy atom. The molecular formula is C24H27F3N8. The molecule has 2 aliphatic rings. The maximum atomic E-state index is 12.8. The first-order chi connectivity index (χ1) is 16.9. The Balaban J connectivity index is 1.06. The van der Waals surface area contributed by atoms with Gasteiger partial charge < -0.3 is 14.9 Å². The molecule has 2 N–H and O–H groups in total. The second-order valence-corrected chi connectivity index (χ2v) is 9.73. The molecule has 0 spiro atoms. The van der Waals surface area contributed by atoms with E-state index in [-0.39, 0.29) is 5.65 Å². The molecule has 2 unspecified atom stereocenters. The number of hydrogen-bond donors (Lipinski definition) is 2. The van der Waals surface area contributed by atoms with Gasteiger partial charge >= 0.3 is 6.18 Å². The van der Waals surface area contributed by atoms with Crippen LogP contribution >= 0.6 is 0 Å². The standard InChI is InChI=1S/C24H27F3N8/c25-24(26,27)12-34-14-33-20-22(31-13-32-23(20)34)29-5-6-35-18-1-2-19(35)10-15(9-18)7-16-8-17-3-4-28-21(17)30-11-16/h3-4,8,11,13-15,18-19H,1-2,5-7,9-10,12H2,(H,28,30)(H,29,31,32). The van der Waals surface area contributed by atoms with Crippen molar-refractivity contribution in [1.82, 2.24) is 34.4 Å². The van der Waals surface area contributed by atoms with Crippen molar-refractivity contribution in [2.75, 3.05) is 18.4 Å². The molecule has 6 rings (SSSR count). The predicted octanol–water partition coefficient (Wildman–Crippen LogP) is 4.16. The molecule has 35 heavy (non-hydrogen) atoms. The fraction of sp³-hybridized carbons (Fsp3) is 0.500. The third kappa shape index (κ3) is 4.56. The Morgan fingerprint density at radius 1 is 1.09 bits per heavy atom. The van der Waals surface area contributed by atoms with Crippen LogP contribution in [0.4, 0.5) is 19.0 Å². The lowest BCUT2D eigenvalue weighted by atomic mass is 9.86. The highest BCUT2D eigenvalue weighted by atomic mass is 19.4. The zero-order valence-corrected chi connectivity index (χ0v) is 19.2. The van der Waals surface area contributed by atoms with Crippen LogP contribution in [0.2, 0.25) is 0 Å². The quantitative estimate of drug-likeness (QED) is 0.410. The summed E-state index contributed by atoms with van der Waals surface area (Å²) in [7, 11) is 0. The molecule has 2 atom stereocenters. The molecule has 0 saturated carbocycles. The van der Waals surface area contributed by atoms with Gasteiger partial charge in [-0.1, -0.05) is 0 Å². The van der Waals surface area contributed by atoms with Crippen molar-refractivity contribution in [3.05, 3.63) is 42.7 Å². The number of rotatable bonds is 7. The van der Waals surface area contributed by atoms with Crippen LogP contribution in [-0.2, 0) is 13.0 Å². The van der Waals surface area contributed by atoms with Crippen LogP contribution in [0.5, 0.6) is 0 Å². The van der Waals surface area contributed by atoms with Crippen LogP contribution in [0.25, 0.3) is 22.2 Å². The number of alkyl halides is 3. The van der Waals surface area contributed by atoms with Gasteiger partial charge in [-0.05, 0) is 55.7 Å². The fourth-order valence-electron chi connectivity index (χ4n) is 5.97. The molecular weight excluding hydrogens is 457 g/mol. The van der Waals surface area contributed by atoms with E-state index in [4.69, 9.17) is 0 Å². The van der Waals surface area contributed by atoms with Gasteiger partial charge in [0.15, 0.2) is 11.5 Å². The molecule has 0 aromatic carbocycles. The van der Waals surface area contributed by atoms with Gasteiger partial charge in [-0.3, -0.25) is 4.90 Å². The molecule has 2 fully saturated rings. The Bertz CT molecular complexity index is 1320. The number of H-pyrrole nitrogens is 1. The first-order valence-corrected chi connectivity index (χ1v) is 12.1. The van der Waals surface area contributed by atoms with Gasteiger partial charge in [0.05, 0.1) is 6.33 Å². The number of pyridine rings is 1. The Hall–Kier alpha value is -3.21. The third-order valence-corrected chi connectivity index (χ3v) is 7.38. The van der Waals surface area contributed by atoms with Crippen molar-refractivity contribution in [2.45, 2.75) is 56.9 Å². The van der Waals surface area contributed by atoms with E-state index in [9.17, 15) is 13.2 Å². The molecule has 0 radical (unpaired) electrons. The van der Waals surface area contributed by atoms with E-state index in [2.05, 4.69) is 47.3 Å². The number of halogens is 3. The summed E-state index contributed by atoms with van der Waals surface area (Å²) in [6.07, 6.45) is 7.91. The number of piperidine rings is 1. The van der Waals surface area contributed by atoms with E-state index in [1.807, 2.05) is 12.4 Å². The Kier molecular flexibility index (Phi) is 5.58. The summed E-state index contributed by atoms with van der Waals surface area (Å²) in [5, 5.41) is 4.45. The van der Waals surface area contributed by atoms with Gasteiger partial charge in [-0.25, -0.2) is 19.9 Å². The van der Waals surface area contributed by atoms with Crippen LogP contribution in [-0.4, -0.2) is 65.7 Å². The summed E-state index contributed by atoms with van der Waals surface area (Å²) in [4.78, 5) is 22.6. The highest BCUT2D eigenvalue weighted by molar-refractivity contribution is 5.82. The fourth-order valence-corrected chi connectivity index (χ4v) is 5.97. The van der Waals surface area contributed by atoms with Gasteiger partial charge in [0.1, 0.15) is 24.0 Å². The monoisotopic (exact) mass is 484 g/mol. The van der Waals surface area contributed by atoms with Crippen molar-refractivity contribution in [2.24, 2.45) is 5.92 Å². The lowest BCUT2D eigenvalue weighted by Gasteiger charge is -2.39. The van der Waals surface area contributed by atoms with Crippen molar-refractivity contribution in [3.63, 3.8) is 0 Å². The number of imidazole rings is 1. The first kappa shape index (κ1) is 22.3. The van der Waals surface area contributed by atoms with Gasteiger partial charge in [-0.15, -0.1) is 0 Å². The molecule has 4 aromatic heterocycles. The number of anilines is 1. The van der Waals surface area contributed by atoms with Gasteiger partial charge in [0.2, 0.25) is 0 Å². The largest absolute Gasteiger partial charge is 0.406 e. The van der Waals surface area contributed by atoms with Crippen LogP contribution in [0, 0.1) is 5.92 Å². The second-order valence-electron chi connectivity index (χ2n) is 9.73. The normalized spacial score (nSPS) is 22.9. The topological polar surface area (TPSA) is 87.5 Å². The zero-order valence-electron chi connectivity index (χ0n) is 19.2. The Labute approximate surface area is 200 Å². The van der Waals surface area contributed by atoms with Gasteiger partial charge in [-0.2, -0.15) is 13.2 Å². The van der Waals surface area contributed by atoms with E-state index in [1.54, 1.807) is 0 Å². The van der Waals surface area contributed by atoms with Crippen LogP contribution < -0.4 is 5.32 Å². The second kappa shape index (κ2) is 8.78. The van der Waals surface area contributed by atoms with E-state index >= 15 is 0 Å². The summed E-state index contributed by atoms with van der Waals surface area (Å²) in [6.45, 7) is 0.408. The SMILES string of the molecule is FC(F)(F)Cn1cnc2c(NCCN3C4CCC3CC(Cc3cnc5[nH]ccc5c3)C4)ncnc21. The maximum Gasteiger partial charge on any atom is 0.406 e. The average Bonchev–Trinajstić information content (AvgIpc) is 3.50. The van der Waals surface area contributed by atoms with E-state index in [0.29, 0.717) is 35.9 Å². The summed E-state index contributed by atoms with van der Waals surface area (Å²) < 4.78 is 39.5. The molecule has 2 bridgehead atoms. The summed E-state index contributed by atoms with van der Waals surface area (Å²) in [5.74, 6) is 1.14. The van der Waals surface area contributed by atoms with Crippen LogP contribution in [0.15, 0.2) is 37.2 Å². The lowest BCUT2D eigenvalue weighted by Crippen LogP contribution is -2.45. The van der Waals surface area contributed by atoms with Crippen LogP contribution in [0.1, 0.15) is 31.2 Å². The van der Waals surface area contributed by atoms with Crippen molar-refractivity contribution >= 4 is 28.0 Å². The summed E-state index contributed by atoms with van der Waals surface area (Å²) in [6, 6.07) is 5.45. The first-order valence-electron chi connectivity index (χ1n) is 12.1. The molecule has 0 amide bonds. The summed E-state index contributed by atoms with van der Waals surface area (Å²) in [5.41, 5.74) is 2.79. The minimum Gasteiger partial charge on any atom is -0.367 e. The maximum absolute atomic E-state index is 12.8. The van der Waals surface area contributed by atoms with Crippen molar-refractivity contribution in [3.8, 4) is 0 Å². The molecule has 11 heteroatoms. The van der Waals surface area contributed by atoms with Crippen molar-refractivity contribution in [1.29, 1.82) is 0 Å². The minimum atomic E-state index is -4.33.